The third-order valence-electron chi connectivity index (χ3n) is 3.62. The molecule has 5 nitrogen and oxygen atoms in total. The average molecular weight is 301 g/mol. The van der Waals surface area contributed by atoms with Gasteiger partial charge in [-0.15, -0.1) is 11.8 Å². The molecule has 2 saturated heterocycles. The maximum Gasteiger partial charge on any atom is 0.243 e. The van der Waals surface area contributed by atoms with Crippen LogP contribution in [0.1, 0.15) is 36.4 Å². The van der Waals surface area contributed by atoms with Gasteiger partial charge in [0.2, 0.25) is 5.89 Å². The van der Waals surface area contributed by atoms with E-state index in [4.69, 9.17) is 9.26 Å². The number of thioether (sulfide) groups is 2. The third kappa shape index (κ3) is 2.94. The van der Waals surface area contributed by atoms with Crippen LogP contribution in [0.15, 0.2) is 4.52 Å². The molecule has 0 bridgehead atoms. The second kappa shape index (κ2) is 6.03. The van der Waals surface area contributed by atoms with Crippen LogP contribution in [0.4, 0.5) is 0 Å². The van der Waals surface area contributed by atoms with Crippen LogP contribution >= 0.6 is 23.5 Å². The summed E-state index contributed by atoms with van der Waals surface area (Å²) in [6, 6.07) is 0.141. The summed E-state index contributed by atoms with van der Waals surface area (Å²) in [6.45, 7) is 3.09. The van der Waals surface area contributed by atoms with Crippen LogP contribution in [-0.4, -0.2) is 46.7 Å². The van der Waals surface area contributed by atoms with Crippen molar-refractivity contribution in [3.8, 4) is 0 Å². The Labute approximate surface area is 121 Å². The van der Waals surface area contributed by atoms with Crippen molar-refractivity contribution in [3.63, 3.8) is 0 Å². The van der Waals surface area contributed by atoms with E-state index in [9.17, 15) is 0 Å². The molecular formula is C12H19N3O2S2. The van der Waals surface area contributed by atoms with Crippen molar-refractivity contribution in [2.24, 2.45) is 0 Å². The Morgan fingerprint density at radius 1 is 1.37 bits per heavy atom. The highest BCUT2D eigenvalue weighted by atomic mass is 32.2. The number of aromatic nitrogens is 2. The van der Waals surface area contributed by atoms with Crippen LogP contribution in [-0.2, 0) is 4.74 Å². The lowest BCUT2D eigenvalue weighted by atomic mass is 10.2. The number of ether oxygens (including phenoxy) is 1. The fourth-order valence-corrected chi connectivity index (χ4v) is 5.17. The Balaban J connectivity index is 1.69. The summed E-state index contributed by atoms with van der Waals surface area (Å²) in [4.78, 5) is 4.61. The van der Waals surface area contributed by atoms with Crippen molar-refractivity contribution >= 4 is 23.5 Å². The van der Waals surface area contributed by atoms with Gasteiger partial charge in [0.25, 0.3) is 0 Å². The van der Waals surface area contributed by atoms with E-state index >= 15 is 0 Å². The standard InChI is InChI=1S/C12H19N3O2S2/c1-7-10(19-4-3-18-7)11-14-12(17-15-11)9-5-8(16-2)6-13-9/h7-10,13H,3-6H2,1-2H3. The number of hydrogen-bond donors (Lipinski definition) is 1. The lowest BCUT2D eigenvalue weighted by Gasteiger charge is -2.24. The summed E-state index contributed by atoms with van der Waals surface area (Å²) in [6.07, 6.45) is 1.15. The van der Waals surface area contributed by atoms with Gasteiger partial charge in [0.05, 0.1) is 17.4 Å². The normalized spacial score (nSPS) is 35.7. The second-order valence-electron chi connectivity index (χ2n) is 4.91. The molecule has 2 aliphatic heterocycles. The molecule has 2 aliphatic rings. The zero-order chi connectivity index (χ0) is 13.2. The van der Waals surface area contributed by atoms with Crippen molar-refractivity contribution in [3.05, 3.63) is 11.7 Å². The van der Waals surface area contributed by atoms with E-state index in [0.717, 1.165) is 24.5 Å². The molecule has 1 aromatic heterocycles. The van der Waals surface area contributed by atoms with Gasteiger partial charge in [0.15, 0.2) is 5.82 Å². The van der Waals surface area contributed by atoms with Gasteiger partial charge in [-0.2, -0.15) is 16.7 Å². The molecule has 3 heterocycles. The number of nitrogens with one attached hydrogen (secondary N) is 1. The summed E-state index contributed by atoms with van der Waals surface area (Å²) in [5.41, 5.74) is 0. The van der Waals surface area contributed by atoms with E-state index in [0.29, 0.717) is 16.4 Å². The van der Waals surface area contributed by atoms with E-state index in [1.165, 1.54) is 5.75 Å². The van der Waals surface area contributed by atoms with Crippen LogP contribution in [0.5, 0.6) is 0 Å². The molecule has 1 aromatic rings. The summed E-state index contributed by atoms with van der Waals surface area (Å²) in [7, 11) is 1.74. The molecule has 19 heavy (non-hydrogen) atoms. The Kier molecular flexibility index (Phi) is 4.36. The zero-order valence-corrected chi connectivity index (χ0v) is 12.8. The van der Waals surface area contributed by atoms with E-state index in [1.807, 2.05) is 23.5 Å². The van der Waals surface area contributed by atoms with Gasteiger partial charge in [-0.1, -0.05) is 12.1 Å². The lowest BCUT2D eigenvalue weighted by Crippen LogP contribution is -2.18. The molecule has 0 spiro atoms. The van der Waals surface area contributed by atoms with Crippen LogP contribution in [0.3, 0.4) is 0 Å². The molecule has 4 unspecified atom stereocenters. The monoisotopic (exact) mass is 301 g/mol. The van der Waals surface area contributed by atoms with E-state index in [-0.39, 0.29) is 12.1 Å². The van der Waals surface area contributed by atoms with Crippen LogP contribution in [0.2, 0.25) is 0 Å². The molecule has 4 atom stereocenters. The van der Waals surface area contributed by atoms with Gasteiger partial charge in [-0.3, -0.25) is 0 Å². The van der Waals surface area contributed by atoms with Crippen molar-refractivity contribution < 1.29 is 9.26 Å². The number of methoxy groups -OCH3 is 1. The highest BCUT2D eigenvalue weighted by Crippen LogP contribution is 2.41. The van der Waals surface area contributed by atoms with Gasteiger partial charge in [0, 0.05) is 30.4 Å². The van der Waals surface area contributed by atoms with Gasteiger partial charge >= 0.3 is 0 Å². The fraction of sp³-hybridized carbons (Fsp3) is 0.833. The fourth-order valence-electron chi connectivity index (χ4n) is 2.49. The van der Waals surface area contributed by atoms with Gasteiger partial charge in [0.1, 0.15) is 0 Å². The van der Waals surface area contributed by atoms with Gasteiger partial charge < -0.3 is 14.6 Å². The number of rotatable bonds is 3. The highest BCUT2D eigenvalue weighted by Gasteiger charge is 2.32. The largest absolute Gasteiger partial charge is 0.380 e. The van der Waals surface area contributed by atoms with Crippen molar-refractivity contribution in [1.82, 2.24) is 15.5 Å². The van der Waals surface area contributed by atoms with Crippen molar-refractivity contribution in [2.45, 2.75) is 36.0 Å². The Morgan fingerprint density at radius 2 is 2.21 bits per heavy atom. The second-order valence-corrected chi connectivity index (χ2v) is 7.65. The first-order valence-electron chi connectivity index (χ1n) is 6.61. The SMILES string of the molecule is COC1CNC(c2nc(C3SCCSC3C)no2)C1. The Hall–Kier alpha value is -0.240. The van der Waals surface area contributed by atoms with Crippen molar-refractivity contribution in [2.75, 3.05) is 25.2 Å². The lowest BCUT2D eigenvalue weighted by molar-refractivity contribution is 0.116. The molecule has 7 heteroatoms. The molecular weight excluding hydrogens is 282 g/mol. The molecule has 2 fully saturated rings. The van der Waals surface area contributed by atoms with Gasteiger partial charge in [-0.25, -0.2) is 0 Å². The number of nitrogens with zero attached hydrogens (tertiary/aromatic N) is 2. The number of hydrogen-bond acceptors (Lipinski definition) is 7. The van der Waals surface area contributed by atoms with Crippen molar-refractivity contribution in [1.29, 1.82) is 0 Å². The Morgan fingerprint density at radius 3 is 2.95 bits per heavy atom. The predicted molar refractivity (Wildman–Crippen MR) is 77.6 cm³/mol. The first kappa shape index (κ1) is 13.7. The van der Waals surface area contributed by atoms with Crippen LogP contribution < -0.4 is 5.32 Å². The molecule has 0 saturated carbocycles. The minimum absolute atomic E-state index is 0.141. The van der Waals surface area contributed by atoms with E-state index in [2.05, 4.69) is 22.4 Å². The van der Waals surface area contributed by atoms with E-state index < -0.39 is 0 Å². The van der Waals surface area contributed by atoms with Crippen LogP contribution in [0, 0.1) is 0 Å². The maximum atomic E-state index is 5.44. The zero-order valence-electron chi connectivity index (χ0n) is 11.2. The molecule has 0 aromatic carbocycles. The first-order chi connectivity index (χ1) is 9.28. The molecule has 3 rings (SSSR count). The third-order valence-corrected chi connectivity index (χ3v) is 6.71. The minimum atomic E-state index is 0.141. The van der Waals surface area contributed by atoms with Crippen LogP contribution in [0.25, 0.3) is 0 Å². The van der Waals surface area contributed by atoms with Gasteiger partial charge in [-0.05, 0) is 6.42 Å². The Bertz CT molecular complexity index is 429. The summed E-state index contributed by atoms with van der Waals surface area (Å²) < 4.78 is 10.8. The quantitative estimate of drug-likeness (QED) is 0.916. The maximum absolute atomic E-state index is 5.44. The summed E-state index contributed by atoms with van der Waals surface area (Å²) in [5.74, 6) is 3.93. The topological polar surface area (TPSA) is 60.2 Å². The van der Waals surface area contributed by atoms with E-state index in [1.54, 1.807) is 7.11 Å². The molecule has 0 radical (unpaired) electrons. The molecule has 1 N–H and O–H groups in total. The summed E-state index contributed by atoms with van der Waals surface area (Å²) in [5, 5.41) is 8.46. The molecule has 106 valence electrons. The first-order valence-corrected chi connectivity index (χ1v) is 8.70. The predicted octanol–water partition coefficient (Wildman–Crippen LogP) is 2.03. The molecule has 0 aliphatic carbocycles. The summed E-state index contributed by atoms with van der Waals surface area (Å²) >= 11 is 3.92. The highest BCUT2D eigenvalue weighted by molar-refractivity contribution is 8.06. The average Bonchev–Trinajstić information content (AvgIpc) is 3.08. The smallest absolute Gasteiger partial charge is 0.243 e. The minimum Gasteiger partial charge on any atom is -0.380 e. The molecule has 0 amide bonds.